The summed E-state index contributed by atoms with van der Waals surface area (Å²) in [5.41, 5.74) is 0.708. The minimum Gasteiger partial charge on any atom is -0.357 e. The lowest BCUT2D eigenvalue weighted by atomic mass is 9.84. The Bertz CT molecular complexity index is 1020. The van der Waals surface area contributed by atoms with Crippen molar-refractivity contribution >= 4 is 17.8 Å². The molecule has 0 radical (unpaired) electrons. The number of carbonyl (C=O) groups excluding carboxylic acids is 3. The van der Waals surface area contributed by atoms with E-state index in [2.05, 4.69) is 10.6 Å². The summed E-state index contributed by atoms with van der Waals surface area (Å²) in [5, 5.41) is 5.89. The van der Waals surface area contributed by atoms with Gasteiger partial charge in [0.1, 0.15) is 11.6 Å². The predicted octanol–water partition coefficient (Wildman–Crippen LogP) is 3.49. The zero-order valence-electron chi connectivity index (χ0n) is 20.7. The van der Waals surface area contributed by atoms with E-state index in [4.69, 9.17) is 0 Å². The molecule has 1 aliphatic carbocycles. The highest BCUT2D eigenvalue weighted by Crippen LogP contribution is 2.32. The van der Waals surface area contributed by atoms with Crippen molar-refractivity contribution < 1.29 is 14.4 Å². The molecule has 0 aromatic heterocycles. The molecule has 2 aromatic rings. The van der Waals surface area contributed by atoms with Crippen molar-refractivity contribution in [3.05, 3.63) is 71.8 Å². The monoisotopic (exact) mass is 476 g/mol. The molecule has 1 heterocycles. The van der Waals surface area contributed by atoms with Gasteiger partial charge in [-0.25, -0.2) is 4.79 Å². The van der Waals surface area contributed by atoms with E-state index >= 15 is 0 Å². The standard InChI is InChI=1S/C28H36N4O3/c1-28(18-21-12-6-3-7-13-21)26(34)31(19-22-14-8-4-9-15-22)20-24(25(33)29-2)32(28)27(35)30-23-16-10-5-11-17-23/h3-4,6-9,12-15,23-24H,5,10-11,16-20H2,1-2H3,(H,29,33)(H,30,35)/t24?,28-/m0/s1. The molecule has 1 saturated heterocycles. The van der Waals surface area contributed by atoms with Crippen molar-refractivity contribution in [1.29, 1.82) is 0 Å². The van der Waals surface area contributed by atoms with E-state index in [1.165, 1.54) is 11.3 Å². The molecule has 7 nitrogen and oxygen atoms in total. The first-order chi connectivity index (χ1) is 16.9. The normalized spacial score (nSPS) is 23.1. The second-order valence-corrected chi connectivity index (χ2v) is 9.89. The summed E-state index contributed by atoms with van der Waals surface area (Å²) in [5.74, 6) is -0.419. The molecule has 0 bridgehead atoms. The third kappa shape index (κ3) is 5.50. The summed E-state index contributed by atoms with van der Waals surface area (Å²) in [6.07, 6.45) is 5.50. The fourth-order valence-corrected chi connectivity index (χ4v) is 5.48. The lowest BCUT2D eigenvalue weighted by Gasteiger charge is -2.51. The summed E-state index contributed by atoms with van der Waals surface area (Å²) in [4.78, 5) is 44.3. The molecule has 0 spiro atoms. The van der Waals surface area contributed by atoms with Gasteiger partial charge >= 0.3 is 6.03 Å². The van der Waals surface area contributed by atoms with E-state index in [0.29, 0.717) is 13.0 Å². The highest BCUT2D eigenvalue weighted by Gasteiger charge is 2.54. The van der Waals surface area contributed by atoms with Crippen LogP contribution in [0.4, 0.5) is 4.79 Å². The van der Waals surface area contributed by atoms with Crippen molar-refractivity contribution in [2.24, 2.45) is 0 Å². The number of benzene rings is 2. The lowest BCUT2D eigenvalue weighted by Crippen LogP contribution is -2.74. The Hall–Kier alpha value is -3.35. The first kappa shape index (κ1) is 24.8. The van der Waals surface area contributed by atoms with Gasteiger partial charge in [-0.15, -0.1) is 0 Å². The van der Waals surface area contributed by atoms with E-state index < -0.39 is 11.6 Å². The summed E-state index contributed by atoms with van der Waals surface area (Å²) in [7, 11) is 1.58. The van der Waals surface area contributed by atoms with Crippen LogP contribution in [0.5, 0.6) is 0 Å². The van der Waals surface area contributed by atoms with E-state index in [9.17, 15) is 14.4 Å². The van der Waals surface area contributed by atoms with Crippen molar-refractivity contribution in [2.75, 3.05) is 13.6 Å². The molecule has 2 N–H and O–H groups in total. The Labute approximate surface area is 207 Å². The van der Waals surface area contributed by atoms with Crippen molar-refractivity contribution in [2.45, 2.75) is 69.6 Å². The smallest absolute Gasteiger partial charge is 0.319 e. The predicted molar refractivity (Wildman–Crippen MR) is 136 cm³/mol. The van der Waals surface area contributed by atoms with Gasteiger partial charge in [0.25, 0.3) is 0 Å². The molecular formula is C28H36N4O3. The molecule has 4 rings (SSSR count). The highest BCUT2D eigenvalue weighted by atomic mass is 16.2. The number of urea groups is 1. The number of rotatable bonds is 6. The topological polar surface area (TPSA) is 81.8 Å². The summed E-state index contributed by atoms with van der Waals surface area (Å²) in [6, 6.07) is 18.4. The number of nitrogens with one attached hydrogen (secondary N) is 2. The Balaban J connectivity index is 1.71. The number of piperazine rings is 1. The van der Waals surface area contributed by atoms with Crippen LogP contribution in [0.1, 0.15) is 50.2 Å². The first-order valence-corrected chi connectivity index (χ1v) is 12.6. The third-order valence-electron chi connectivity index (χ3n) is 7.29. The molecule has 2 fully saturated rings. The third-order valence-corrected chi connectivity index (χ3v) is 7.29. The molecule has 2 aromatic carbocycles. The van der Waals surface area contributed by atoms with E-state index in [1.807, 2.05) is 60.7 Å². The van der Waals surface area contributed by atoms with Gasteiger partial charge in [0.15, 0.2) is 0 Å². The van der Waals surface area contributed by atoms with E-state index in [-0.39, 0.29) is 30.4 Å². The fraction of sp³-hybridized carbons (Fsp3) is 0.464. The van der Waals surface area contributed by atoms with Gasteiger partial charge in [0.2, 0.25) is 11.8 Å². The molecular weight excluding hydrogens is 440 g/mol. The van der Waals surface area contributed by atoms with Crippen LogP contribution in [-0.2, 0) is 22.6 Å². The van der Waals surface area contributed by atoms with E-state index in [0.717, 1.165) is 36.8 Å². The number of hydrogen-bond donors (Lipinski definition) is 2. The second kappa shape index (κ2) is 10.9. The van der Waals surface area contributed by atoms with Gasteiger partial charge in [-0.3, -0.25) is 14.5 Å². The maximum atomic E-state index is 14.1. The van der Waals surface area contributed by atoms with Crippen LogP contribution < -0.4 is 10.6 Å². The summed E-state index contributed by atoms with van der Waals surface area (Å²) >= 11 is 0. The van der Waals surface area contributed by atoms with Gasteiger partial charge in [0, 0.05) is 26.1 Å². The largest absolute Gasteiger partial charge is 0.357 e. The highest BCUT2D eigenvalue weighted by molar-refractivity contribution is 5.97. The van der Waals surface area contributed by atoms with E-state index in [1.54, 1.807) is 18.9 Å². The van der Waals surface area contributed by atoms with Crippen LogP contribution >= 0.6 is 0 Å². The lowest BCUT2D eigenvalue weighted by molar-refractivity contribution is -0.155. The van der Waals surface area contributed by atoms with Gasteiger partial charge in [-0.05, 0) is 30.9 Å². The molecule has 2 aliphatic rings. The minimum atomic E-state index is -1.22. The first-order valence-electron chi connectivity index (χ1n) is 12.6. The molecule has 1 saturated carbocycles. The Morgan fingerprint density at radius 1 is 0.943 bits per heavy atom. The van der Waals surface area contributed by atoms with Crippen LogP contribution in [-0.4, -0.2) is 58.9 Å². The van der Waals surface area contributed by atoms with Crippen molar-refractivity contribution in [1.82, 2.24) is 20.4 Å². The molecule has 35 heavy (non-hydrogen) atoms. The van der Waals surface area contributed by atoms with Crippen LogP contribution in [0.15, 0.2) is 60.7 Å². The number of likely N-dealkylation sites (N-methyl/N-ethyl adjacent to an activating group) is 1. The fourth-order valence-electron chi connectivity index (χ4n) is 5.48. The molecule has 1 unspecified atom stereocenters. The van der Waals surface area contributed by atoms with Crippen LogP contribution in [0.2, 0.25) is 0 Å². The summed E-state index contributed by atoms with van der Waals surface area (Å²) in [6.45, 7) is 2.33. The number of nitrogens with zero attached hydrogens (tertiary/aromatic N) is 2. The van der Waals surface area contributed by atoms with Crippen molar-refractivity contribution in [3.8, 4) is 0 Å². The van der Waals surface area contributed by atoms with Crippen LogP contribution in [0.25, 0.3) is 0 Å². The SMILES string of the molecule is CNC(=O)C1CN(Cc2ccccc2)C(=O)[C@](C)(Cc2ccccc2)N1C(=O)NC1CCCCC1. The molecule has 1 aliphatic heterocycles. The van der Waals surface area contributed by atoms with Crippen LogP contribution in [0, 0.1) is 0 Å². The zero-order chi connectivity index (χ0) is 24.8. The van der Waals surface area contributed by atoms with Gasteiger partial charge < -0.3 is 15.5 Å². The number of carbonyl (C=O) groups is 3. The maximum absolute atomic E-state index is 14.1. The van der Waals surface area contributed by atoms with Gasteiger partial charge in [-0.2, -0.15) is 0 Å². The average molecular weight is 477 g/mol. The minimum absolute atomic E-state index is 0.0695. The Morgan fingerprint density at radius 3 is 2.14 bits per heavy atom. The zero-order valence-corrected chi connectivity index (χ0v) is 20.7. The molecule has 7 heteroatoms. The maximum Gasteiger partial charge on any atom is 0.319 e. The second-order valence-electron chi connectivity index (χ2n) is 9.89. The Morgan fingerprint density at radius 2 is 1.54 bits per heavy atom. The van der Waals surface area contributed by atoms with Gasteiger partial charge in [0.05, 0.1) is 6.54 Å². The Kier molecular flexibility index (Phi) is 7.73. The van der Waals surface area contributed by atoms with Gasteiger partial charge in [-0.1, -0.05) is 79.9 Å². The quantitative estimate of drug-likeness (QED) is 0.670. The van der Waals surface area contributed by atoms with Crippen molar-refractivity contribution in [3.63, 3.8) is 0 Å². The average Bonchev–Trinajstić information content (AvgIpc) is 2.88. The molecule has 2 atom stereocenters. The van der Waals surface area contributed by atoms with Crippen LogP contribution in [0.3, 0.4) is 0 Å². The number of amides is 4. The molecule has 4 amide bonds. The molecule has 186 valence electrons. The summed E-state index contributed by atoms with van der Waals surface area (Å²) < 4.78 is 0. The number of hydrogen-bond acceptors (Lipinski definition) is 3.